The van der Waals surface area contributed by atoms with Crippen molar-refractivity contribution in [2.45, 2.75) is 59.3 Å². The van der Waals surface area contributed by atoms with Crippen molar-refractivity contribution in [3.63, 3.8) is 0 Å². The van der Waals surface area contributed by atoms with Crippen LogP contribution in [0.15, 0.2) is 42.6 Å². The van der Waals surface area contributed by atoms with Gasteiger partial charge in [-0.05, 0) is 54.5 Å². The van der Waals surface area contributed by atoms with E-state index in [1.165, 1.54) is 34.6 Å². The molecule has 2 aromatic carbocycles. The molecule has 1 saturated heterocycles. The first-order valence-electron chi connectivity index (χ1n) is 11.9. The summed E-state index contributed by atoms with van der Waals surface area (Å²) in [5.74, 6) is -0.802. The fraction of sp³-hybridized carbons (Fsp3) is 0.462. The summed E-state index contributed by atoms with van der Waals surface area (Å²) in [7, 11) is -3.73. The summed E-state index contributed by atoms with van der Waals surface area (Å²) < 4.78 is 88.1. The largest absolute Gasteiger partial charge is 0.417 e. The molecule has 1 aliphatic heterocycles. The van der Waals surface area contributed by atoms with Crippen molar-refractivity contribution in [1.29, 1.82) is 0 Å². The van der Waals surface area contributed by atoms with E-state index in [1.54, 1.807) is 13.1 Å². The first kappa shape index (κ1) is 26.6. The van der Waals surface area contributed by atoms with Crippen molar-refractivity contribution in [2.24, 2.45) is 5.41 Å². The average molecular weight is 526 g/mol. The van der Waals surface area contributed by atoms with Crippen LogP contribution < -0.4 is 4.72 Å². The number of alkyl halides is 3. The highest BCUT2D eigenvalue weighted by Crippen LogP contribution is 2.40. The fourth-order valence-electron chi connectivity index (χ4n) is 4.79. The standard InChI is InChI=1S/C26H31F4N3O2S/c1-17(31-36(34,35)33-11-7-8-12-33)21-15-32(16-25(2,3)4)24-14-19(23(27)13-20(21)24)18-9-5-6-10-22(18)26(28,29)30/h5-6,9-10,13-15,17,31H,7-8,11-12,16H2,1-4H3/t17-/m1/s1. The van der Waals surface area contributed by atoms with E-state index in [9.17, 15) is 21.6 Å². The highest BCUT2D eigenvalue weighted by Gasteiger charge is 2.34. The molecule has 1 aromatic heterocycles. The molecular formula is C26H31F4N3O2S. The Morgan fingerprint density at radius 1 is 1.03 bits per heavy atom. The number of aromatic nitrogens is 1. The summed E-state index contributed by atoms with van der Waals surface area (Å²) in [6.07, 6.45) is -1.27. The zero-order valence-corrected chi connectivity index (χ0v) is 21.6. The van der Waals surface area contributed by atoms with E-state index in [0.29, 0.717) is 36.1 Å². The maximum Gasteiger partial charge on any atom is 0.417 e. The van der Waals surface area contributed by atoms with Crippen LogP contribution in [0.4, 0.5) is 17.6 Å². The van der Waals surface area contributed by atoms with Crippen LogP contribution in [-0.2, 0) is 22.9 Å². The fourth-order valence-corrected chi connectivity index (χ4v) is 6.25. The molecule has 0 unspecified atom stereocenters. The van der Waals surface area contributed by atoms with Gasteiger partial charge in [-0.25, -0.2) is 4.39 Å². The van der Waals surface area contributed by atoms with Gasteiger partial charge in [-0.15, -0.1) is 0 Å². The lowest BCUT2D eigenvalue weighted by atomic mass is 9.96. The third kappa shape index (κ3) is 5.45. The van der Waals surface area contributed by atoms with E-state index in [-0.39, 0.29) is 16.5 Å². The molecule has 0 bridgehead atoms. The number of hydrogen-bond donors (Lipinski definition) is 1. The molecule has 0 spiro atoms. The number of benzene rings is 2. The smallest absolute Gasteiger partial charge is 0.347 e. The van der Waals surface area contributed by atoms with Gasteiger partial charge in [0.1, 0.15) is 5.82 Å². The van der Waals surface area contributed by atoms with Crippen molar-refractivity contribution in [1.82, 2.24) is 13.6 Å². The third-order valence-corrected chi connectivity index (χ3v) is 8.06. The zero-order valence-electron chi connectivity index (χ0n) is 20.8. The minimum absolute atomic E-state index is 0.152. The van der Waals surface area contributed by atoms with Crippen LogP contribution in [0.5, 0.6) is 0 Å². The van der Waals surface area contributed by atoms with Gasteiger partial charge in [0, 0.05) is 48.3 Å². The van der Waals surface area contributed by atoms with E-state index in [4.69, 9.17) is 0 Å². The topological polar surface area (TPSA) is 54.3 Å². The highest BCUT2D eigenvalue weighted by atomic mass is 32.2. The number of rotatable bonds is 6. The molecule has 36 heavy (non-hydrogen) atoms. The van der Waals surface area contributed by atoms with Gasteiger partial charge >= 0.3 is 6.18 Å². The quantitative estimate of drug-likeness (QED) is 0.374. The van der Waals surface area contributed by atoms with Crippen LogP contribution in [-0.4, -0.2) is 30.4 Å². The molecule has 0 aliphatic carbocycles. The molecule has 5 nitrogen and oxygen atoms in total. The van der Waals surface area contributed by atoms with Crippen LogP contribution in [0.25, 0.3) is 22.0 Å². The van der Waals surface area contributed by atoms with Gasteiger partial charge in [0.2, 0.25) is 0 Å². The SMILES string of the molecule is C[C@@H](NS(=O)(=O)N1CCCC1)c1cn(CC(C)(C)C)c2cc(-c3ccccc3C(F)(F)F)c(F)cc12. The van der Waals surface area contributed by atoms with E-state index in [0.717, 1.165) is 18.9 Å². The molecule has 4 rings (SSSR count). The van der Waals surface area contributed by atoms with Crippen LogP contribution in [0.1, 0.15) is 57.7 Å². The molecular weight excluding hydrogens is 494 g/mol. The summed E-state index contributed by atoms with van der Waals surface area (Å²) in [5, 5.41) is 0.460. The molecule has 2 heterocycles. The lowest BCUT2D eigenvalue weighted by Gasteiger charge is -2.21. The summed E-state index contributed by atoms with van der Waals surface area (Å²) >= 11 is 0. The molecule has 196 valence electrons. The van der Waals surface area contributed by atoms with Gasteiger partial charge in [0.15, 0.2) is 0 Å². The van der Waals surface area contributed by atoms with E-state index >= 15 is 4.39 Å². The van der Waals surface area contributed by atoms with Crippen LogP contribution in [0.3, 0.4) is 0 Å². The monoisotopic (exact) mass is 525 g/mol. The second-order valence-corrected chi connectivity index (χ2v) is 12.3. The molecule has 1 aliphatic rings. The number of hydrogen-bond acceptors (Lipinski definition) is 2. The summed E-state index contributed by atoms with van der Waals surface area (Å²) in [6.45, 7) is 9.13. The third-order valence-electron chi connectivity index (χ3n) is 6.37. The number of halogens is 4. The molecule has 1 atom stereocenters. The molecule has 3 aromatic rings. The Morgan fingerprint density at radius 2 is 1.67 bits per heavy atom. The van der Waals surface area contributed by atoms with Gasteiger partial charge in [0.05, 0.1) is 5.56 Å². The Morgan fingerprint density at radius 3 is 2.28 bits per heavy atom. The van der Waals surface area contributed by atoms with Crippen molar-refractivity contribution in [3.8, 4) is 11.1 Å². The molecule has 0 radical (unpaired) electrons. The molecule has 0 amide bonds. The van der Waals surface area contributed by atoms with Crippen molar-refractivity contribution < 1.29 is 26.0 Å². The van der Waals surface area contributed by atoms with Gasteiger partial charge in [-0.2, -0.15) is 30.6 Å². The van der Waals surface area contributed by atoms with E-state index in [2.05, 4.69) is 4.72 Å². The Kier molecular flexibility index (Phi) is 7.00. The first-order valence-corrected chi connectivity index (χ1v) is 13.4. The lowest BCUT2D eigenvalue weighted by Crippen LogP contribution is -2.40. The van der Waals surface area contributed by atoms with Gasteiger partial charge in [-0.1, -0.05) is 39.0 Å². The zero-order chi connectivity index (χ0) is 26.5. The predicted octanol–water partition coefficient (Wildman–Crippen LogP) is 6.50. The van der Waals surface area contributed by atoms with Crippen molar-refractivity contribution in [2.75, 3.05) is 13.1 Å². The second-order valence-electron chi connectivity index (χ2n) is 10.6. The Bertz CT molecular complexity index is 1370. The Hall–Kier alpha value is -2.43. The predicted molar refractivity (Wildman–Crippen MR) is 133 cm³/mol. The number of fused-ring (bicyclic) bond motifs is 1. The second kappa shape index (κ2) is 9.46. The van der Waals surface area contributed by atoms with Crippen LogP contribution >= 0.6 is 0 Å². The van der Waals surface area contributed by atoms with Gasteiger partial charge < -0.3 is 4.57 Å². The maximum atomic E-state index is 15.4. The minimum atomic E-state index is -4.64. The van der Waals surface area contributed by atoms with Crippen LogP contribution in [0.2, 0.25) is 0 Å². The summed E-state index contributed by atoms with van der Waals surface area (Å²) in [6, 6.07) is 6.90. The normalized spacial score (nSPS) is 16.7. The van der Waals surface area contributed by atoms with Crippen molar-refractivity contribution in [3.05, 3.63) is 59.5 Å². The first-order chi connectivity index (χ1) is 16.7. The Balaban J connectivity index is 1.85. The minimum Gasteiger partial charge on any atom is -0.347 e. The highest BCUT2D eigenvalue weighted by molar-refractivity contribution is 7.87. The van der Waals surface area contributed by atoms with E-state index in [1.807, 2.05) is 25.3 Å². The van der Waals surface area contributed by atoms with Gasteiger partial charge in [-0.3, -0.25) is 0 Å². The number of nitrogens with one attached hydrogen (secondary N) is 1. The molecule has 10 heteroatoms. The lowest BCUT2D eigenvalue weighted by molar-refractivity contribution is -0.137. The van der Waals surface area contributed by atoms with Gasteiger partial charge in [0.25, 0.3) is 10.2 Å². The molecule has 1 fully saturated rings. The maximum absolute atomic E-state index is 15.4. The van der Waals surface area contributed by atoms with E-state index < -0.39 is 33.8 Å². The summed E-state index contributed by atoms with van der Waals surface area (Å²) in [5.41, 5.74) is -0.394. The average Bonchev–Trinajstić information content (AvgIpc) is 3.41. The van der Waals surface area contributed by atoms with Crippen LogP contribution in [0, 0.1) is 11.2 Å². The Labute approximate surface area is 209 Å². The number of nitrogens with zero attached hydrogens (tertiary/aromatic N) is 2. The molecule has 1 N–H and O–H groups in total. The summed E-state index contributed by atoms with van der Waals surface area (Å²) in [4.78, 5) is 0. The molecule has 0 saturated carbocycles. The van der Waals surface area contributed by atoms with Crippen molar-refractivity contribution >= 4 is 21.1 Å².